The first kappa shape index (κ1) is 21.4. The predicted octanol–water partition coefficient (Wildman–Crippen LogP) is 2.27. The Hall–Kier alpha value is -2.91. The molecule has 0 radical (unpaired) electrons. The predicted molar refractivity (Wildman–Crippen MR) is 108 cm³/mol. The summed E-state index contributed by atoms with van der Waals surface area (Å²) in [6, 6.07) is 12.7. The molecule has 0 saturated heterocycles. The number of hydrogen-bond acceptors (Lipinski definition) is 5. The van der Waals surface area contributed by atoms with Gasteiger partial charge in [0, 0.05) is 24.7 Å². The van der Waals surface area contributed by atoms with Crippen LogP contribution in [0.4, 0.5) is 11.4 Å². The van der Waals surface area contributed by atoms with Crippen LogP contribution >= 0.6 is 0 Å². The fourth-order valence-corrected chi connectivity index (χ4v) is 3.30. The molecule has 9 heteroatoms. The maximum absolute atomic E-state index is 12.4. The van der Waals surface area contributed by atoms with Gasteiger partial charge in [-0.05, 0) is 42.0 Å². The Labute approximate surface area is 164 Å². The largest absolute Gasteiger partial charge is 0.497 e. The van der Waals surface area contributed by atoms with Crippen molar-refractivity contribution in [1.82, 2.24) is 4.72 Å². The van der Waals surface area contributed by atoms with Crippen LogP contribution in [0.5, 0.6) is 5.75 Å². The topological polar surface area (TPSA) is 114 Å². The fourth-order valence-electron chi connectivity index (χ4n) is 2.56. The molecule has 150 valence electrons. The molecule has 2 aromatic carbocycles. The Kier molecular flexibility index (Phi) is 7.13. The second kappa shape index (κ2) is 9.34. The zero-order valence-corrected chi connectivity index (χ0v) is 16.7. The molecule has 3 N–H and O–H groups in total. The number of rotatable bonds is 8. The lowest BCUT2D eigenvalue weighted by molar-refractivity contribution is -0.116. The van der Waals surface area contributed by atoms with Crippen LogP contribution in [-0.4, -0.2) is 33.6 Å². The molecule has 0 saturated carbocycles. The van der Waals surface area contributed by atoms with E-state index in [1.54, 1.807) is 48.5 Å². The van der Waals surface area contributed by atoms with Gasteiger partial charge in [0.1, 0.15) is 5.75 Å². The van der Waals surface area contributed by atoms with Gasteiger partial charge >= 0.3 is 0 Å². The third-order valence-electron chi connectivity index (χ3n) is 3.75. The summed E-state index contributed by atoms with van der Waals surface area (Å²) in [7, 11) is -1.99. The molecule has 2 amide bonds. The highest BCUT2D eigenvalue weighted by molar-refractivity contribution is 7.88. The van der Waals surface area contributed by atoms with Crippen LogP contribution in [0, 0.1) is 0 Å². The summed E-state index contributed by atoms with van der Waals surface area (Å²) >= 11 is 0. The van der Waals surface area contributed by atoms with E-state index in [9.17, 15) is 18.0 Å². The van der Waals surface area contributed by atoms with Crippen molar-refractivity contribution < 1.29 is 22.7 Å². The fraction of sp³-hybridized carbons (Fsp3) is 0.263. The Morgan fingerprint density at radius 1 is 0.964 bits per heavy atom. The molecule has 0 aromatic heterocycles. The number of nitrogens with one attached hydrogen (secondary N) is 3. The highest BCUT2D eigenvalue weighted by Crippen LogP contribution is 2.22. The maximum atomic E-state index is 12.4. The van der Waals surface area contributed by atoms with E-state index < -0.39 is 16.1 Å². The highest BCUT2D eigenvalue weighted by Gasteiger charge is 2.20. The molecule has 0 heterocycles. The lowest BCUT2D eigenvalue weighted by atomic mass is 10.0. The first-order valence-corrected chi connectivity index (χ1v) is 10.3. The van der Waals surface area contributed by atoms with Crippen molar-refractivity contribution in [3.05, 3.63) is 54.1 Å². The van der Waals surface area contributed by atoms with Crippen molar-refractivity contribution in [2.45, 2.75) is 19.4 Å². The molecule has 0 aliphatic rings. The minimum atomic E-state index is -3.52. The third-order valence-corrected chi connectivity index (χ3v) is 4.47. The quantitative estimate of drug-likeness (QED) is 0.623. The third kappa shape index (κ3) is 7.01. The molecule has 2 aromatic rings. The number of benzene rings is 2. The Morgan fingerprint density at radius 3 is 1.96 bits per heavy atom. The summed E-state index contributed by atoms with van der Waals surface area (Å²) in [5.74, 6) is 0.0841. The first-order valence-electron chi connectivity index (χ1n) is 8.45. The van der Waals surface area contributed by atoms with Gasteiger partial charge in [-0.3, -0.25) is 9.59 Å². The van der Waals surface area contributed by atoms with E-state index in [-0.39, 0.29) is 18.2 Å². The van der Waals surface area contributed by atoms with Crippen molar-refractivity contribution in [2.24, 2.45) is 0 Å². The molecule has 1 atom stereocenters. The van der Waals surface area contributed by atoms with Crippen LogP contribution in [0.3, 0.4) is 0 Å². The van der Waals surface area contributed by atoms with Crippen molar-refractivity contribution in [1.29, 1.82) is 0 Å². The Morgan fingerprint density at radius 2 is 1.50 bits per heavy atom. The number of carbonyl (C=O) groups is 2. The van der Waals surface area contributed by atoms with Crippen molar-refractivity contribution in [3.63, 3.8) is 0 Å². The second-order valence-electron chi connectivity index (χ2n) is 6.23. The number of carbonyl (C=O) groups excluding carboxylic acids is 2. The number of ether oxygens (including phenoxy) is 1. The number of methoxy groups -OCH3 is 1. The van der Waals surface area contributed by atoms with Gasteiger partial charge in [0.15, 0.2) is 0 Å². The van der Waals surface area contributed by atoms with Crippen LogP contribution in [0.2, 0.25) is 0 Å². The minimum Gasteiger partial charge on any atom is -0.497 e. The highest BCUT2D eigenvalue weighted by atomic mass is 32.2. The number of anilines is 2. The van der Waals surface area contributed by atoms with Gasteiger partial charge in [0.05, 0.1) is 19.4 Å². The van der Waals surface area contributed by atoms with E-state index in [2.05, 4.69) is 15.4 Å². The molecule has 8 nitrogen and oxygen atoms in total. The molecule has 0 aliphatic heterocycles. The minimum absolute atomic E-state index is 0.0904. The lowest BCUT2D eigenvalue weighted by Gasteiger charge is -2.18. The molecule has 0 spiro atoms. The lowest BCUT2D eigenvalue weighted by Crippen LogP contribution is -2.30. The average molecular weight is 405 g/mol. The summed E-state index contributed by atoms with van der Waals surface area (Å²) < 4.78 is 31.0. The second-order valence-corrected chi connectivity index (χ2v) is 8.01. The van der Waals surface area contributed by atoms with Gasteiger partial charge in [-0.15, -0.1) is 0 Å². The van der Waals surface area contributed by atoms with Gasteiger partial charge in [-0.1, -0.05) is 12.1 Å². The molecule has 0 unspecified atom stereocenters. The zero-order valence-electron chi connectivity index (χ0n) is 15.9. The van der Waals surface area contributed by atoms with Crippen molar-refractivity contribution in [3.8, 4) is 5.75 Å². The van der Waals surface area contributed by atoms with E-state index in [0.29, 0.717) is 22.7 Å². The molecular weight excluding hydrogens is 382 g/mol. The summed E-state index contributed by atoms with van der Waals surface area (Å²) in [4.78, 5) is 23.5. The summed E-state index contributed by atoms with van der Waals surface area (Å²) in [5, 5.41) is 5.36. The molecule has 0 fully saturated rings. The molecule has 0 bridgehead atoms. The molecule has 2 rings (SSSR count). The molecular formula is C19H23N3O5S. The smallest absolute Gasteiger partial charge is 0.226 e. The maximum Gasteiger partial charge on any atom is 0.226 e. The van der Waals surface area contributed by atoms with Gasteiger partial charge in [0.2, 0.25) is 21.8 Å². The monoisotopic (exact) mass is 405 g/mol. The van der Waals surface area contributed by atoms with Crippen LogP contribution in [0.15, 0.2) is 48.5 Å². The summed E-state index contributed by atoms with van der Waals surface area (Å²) in [6.07, 6.45) is 0.953. The van der Waals surface area contributed by atoms with Crippen LogP contribution in [0.25, 0.3) is 0 Å². The molecule has 0 aliphatic carbocycles. The SMILES string of the molecule is COc1ccc([C@@H](CC(=O)Nc2ccc(NC(C)=O)cc2)NS(C)(=O)=O)cc1. The normalized spacial score (nSPS) is 12.1. The Balaban J connectivity index is 2.09. The summed E-state index contributed by atoms with van der Waals surface area (Å²) in [5.41, 5.74) is 1.79. The van der Waals surface area contributed by atoms with Gasteiger partial charge in [0.25, 0.3) is 0 Å². The van der Waals surface area contributed by atoms with Crippen LogP contribution < -0.4 is 20.1 Å². The van der Waals surface area contributed by atoms with E-state index in [1.165, 1.54) is 14.0 Å². The van der Waals surface area contributed by atoms with Crippen LogP contribution in [0.1, 0.15) is 24.9 Å². The zero-order chi connectivity index (χ0) is 20.7. The van der Waals surface area contributed by atoms with Crippen molar-refractivity contribution in [2.75, 3.05) is 24.0 Å². The average Bonchev–Trinajstić information content (AvgIpc) is 2.61. The van der Waals surface area contributed by atoms with Gasteiger partial charge < -0.3 is 15.4 Å². The van der Waals surface area contributed by atoms with E-state index in [1.807, 2.05) is 0 Å². The van der Waals surface area contributed by atoms with Gasteiger partial charge in [-0.2, -0.15) is 0 Å². The number of amides is 2. The first-order chi connectivity index (χ1) is 13.2. The van der Waals surface area contributed by atoms with Crippen LogP contribution in [-0.2, 0) is 19.6 Å². The summed E-state index contributed by atoms with van der Waals surface area (Å²) in [6.45, 7) is 1.41. The number of hydrogen-bond donors (Lipinski definition) is 3. The standard InChI is InChI=1S/C19H23N3O5S/c1-13(23)20-15-6-8-16(9-7-15)21-19(24)12-18(22-28(3,25)26)14-4-10-17(27-2)11-5-14/h4-11,18,22H,12H2,1-3H3,(H,20,23)(H,21,24)/t18-/m1/s1. The van der Waals surface area contributed by atoms with Gasteiger partial charge in [-0.25, -0.2) is 13.1 Å². The van der Waals surface area contributed by atoms with E-state index in [0.717, 1.165) is 6.26 Å². The van der Waals surface area contributed by atoms with E-state index in [4.69, 9.17) is 4.74 Å². The number of sulfonamides is 1. The molecule has 28 heavy (non-hydrogen) atoms. The van der Waals surface area contributed by atoms with E-state index >= 15 is 0 Å². The van der Waals surface area contributed by atoms with Crippen molar-refractivity contribution >= 4 is 33.2 Å². The Bertz CT molecular complexity index is 925.